The van der Waals surface area contributed by atoms with Crippen LogP contribution in [-0.2, 0) is 14.9 Å². The van der Waals surface area contributed by atoms with Crippen molar-refractivity contribution >= 4 is 11.7 Å². The lowest BCUT2D eigenvalue weighted by atomic mass is 9.72. The zero-order chi connectivity index (χ0) is 17.8. The molecule has 0 aromatic heterocycles. The highest BCUT2D eigenvalue weighted by Gasteiger charge is 2.47. The number of carbonyl (C=O) groups excluding carboxylic acids is 1. The second-order valence-electron chi connectivity index (χ2n) is 7.65. The average molecular weight is 329 g/mol. The van der Waals surface area contributed by atoms with Crippen LogP contribution in [0.25, 0.3) is 0 Å². The zero-order valence-corrected chi connectivity index (χ0v) is 15.8. The van der Waals surface area contributed by atoms with E-state index in [9.17, 15) is 4.79 Å². The molecule has 0 amide bonds. The zero-order valence-electron chi connectivity index (χ0n) is 15.8. The predicted molar refractivity (Wildman–Crippen MR) is 99.6 cm³/mol. The van der Waals surface area contributed by atoms with Crippen molar-refractivity contribution in [2.45, 2.75) is 83.8 Å². The van der Waals surface area contributed by atoms with Crippen molar-refractivity contribution in [2.75, 3.05) is 0 Å². The van der Waals surface area contributed by atoms with Crippen LogP contribution < -0.4 is 0 Å². The summed E-state index contributed by atoms with van der Waals surface area (Å²) in [4.78, 5) is 17.8. The molecule has 1 aromatic carbocycles. The Hall–Kier alpha value is -1.64. The van der Waals surface area contributed by atoms with Gasteiger partial charge in [-0.15, -0.1) is 0 Å². The molecule has 1 heterocycles. The predicted octanol–water partition coefficient (Wildman–Crippen LogP) is 5.08. The average Bonchev–Trinajstić information content (AvgIpc) is 2.50. The van der Waals surface area contributed by atoms with E-state index >= 15 is 0 Å². The molecule has 0 aliphatic carbocycles. The summed E-state index contributed by atoms with van der Waals surface area (Å²) in [7, 11) is 0. The van der Waals surface area contributed by atoms with Crippen LogP contribution in [0.2, 0.25) is 0 Å². The fraction of sp³-hybridized carbons (Fsp3) is 0.619. The Morgan fingerprint density at radius 2 is 1.96 bits per heavy atom. The summed E-state index contributed by atoms with van der Waals surface area (Å²) in [6.45, 7) is 10.2. The van der Waals surface area contributed by atoms with Gasteiger partial charge in [-0.1, -0.05) is 56.5 Å². The SMILES string of the molecule is CCCCCC(C(C)=O)(C1=NC(C)(C)CC(C)O1)c1ccccc1. The molecule has 0 bridgehead atoms. The molecule has 1 aromatic rings. The number of benzene rings is 1. The summed E-state index contributed by atoms with van der Waals surface area (Å²) < 4.78 is 6.16. The third-order valence-corrected chi connectivity index (χ3v) is 4.89. The largest absolute Gasteiger partial charge is 0.477 e. The highest BCUT2D eigenvalue weighted by Crippen LogP contribution is 2.38. The van der Waals surface area contributed by atoms with Crippen molar-refractivity contribution in [2.24, 2.45) is 4.99 Å². The molecule has 3 nitrogen and oxygen atoms in total. The van der Waals surface area contributed by atoms with Gasteiger partial charge in [-0.25, -0.2) is 4.99 Å². The maximum Gasteiger partial charge on any atom is 0.202 e. The fourth-order valence-electron chi connectivity index (χ4n) is 3.75. The molecular formula is C21H31NO2. The number of hydrogen-bond acceptors (Lipinski definition) is 3. The van der Waals surface area contributed by atoms with E-state index < -0.39 is 5.41 Å². The number of unbranched alkanes of at least 4 members (excludes halogenated alkanes) is 2. The minimum absolute atomic E-state index is 0.0705. The number of Topliss-reactive ketones (excluding diaryl/α,β-unsaturated/α-hetero) is 1. The minimum atomic E-state index is -0.762. The Labute approximate surface area is 146 Å². The van der Waals surface area contributed by atoms with Gasteiger partial charge in [0.15, 0.2) is 0 Å². The lowest BCUT2D eigenvalue weighted by molar-refractivity contribution is -0.121. The summed E-state index contributed by atoms with van der Waals surface area (Å²) >= 11 is 0. The topological polar surface area (TPSA) is 38.7 Å². The first-order chi connectivity index (χ1) is 11.3. The van der Waals surface area contributed by atoms with Crippen LogP contribution in [0.3, 0.4) is 0 Å². The summed E-state index contributed by atoms with van der Waals surface area (Å²) in [5.41, 5.74) is 0.0348. The standard InChI is InChI=1S/C21H31NO2/c1-6-7-11-14-21(17(3)23,18-12-9-8-10-13-18)19-22-20(4,5)15-16(2)24-19/h8-10,12-13,16H,6-7,11,14-15H2,1-5H3. The highest BCUT2D eigenvalue weighted by atomic mass is 16.5. The summed E-state index contributed by atoms with van der Waals surface area (Å²) in [6, 6.07) is 10.0. The van der Waals surface area contributed by atoms with Crippen LogP contribution in [0, 0.1) is 0 Å². The third kappa shape index (κ3) is 3.88. The van der Waals surface area contributed by atoms with Gasteiger partial charge < -0.3 is 4.74 Å². The van der Waals surface area contributed by atoms with Gasteiger partial charge in [0.05, 0.1) is 11.6 Å². The van der Waals surface area contributed by atoms with E-state index in [1.807, 2.05) is 30.3 Å². The van der Waals surface area contributed by atoms with Gasteiger partial charge in [-0.05, 0) is 39.7 Å². The highest BCUT2D eigenvalue weighted by molar-refractivity contribution is 6.11. The number of ether oxygens (including phenoxy) is 1. The molecule has 1 aliphatic rings. The smallest absolute Gasteiger partial charge is 0.202 e. The van der Waals surface area contributed by atoms with Crippen molar-refractivity contribution in [1.29, 1.82) is 0 Å². The first-order valence-electron chi connectivity index (χ1n) is 9.15. The van der Waals surface area contributed by atoms with Gasteiger partial charge in [0.25, 0.3) is 0 Å². The van der Waals surface area contributed by atoms with Gasteiger partial charge >= 0.3 is 0 Å². The summed E-state index contributed by atoms with van der Waals surface area (Å²) in [5.74, 6) is 0.731. The molecule has 2 rings (SSSR count). The van der Waals surface area contributed by atoms with Crippen LogP contribution >= 0.6 is 0 Å². The molecule has 0 saturated heterocycles. The molecule has 0 saturated carbocycles. The molecule has 0 spiro atoms. The van der Waals surface area contributed by atoms with Gasteiger partial charge in [0.2, 0.25) is 5.90 Å². The van der Waals surface area contributed by atoms with Crippen LogP contribution in [0.15, 0.2) is 35.3 Å². The molecule has 0 fully saturated rings. The van der Waals surface area contributed by atoms with Gasteiger partial charge in [0, 0.05) is 6.42 Å². The Bertz CT molecular complexity index is 591. The Morgan fingerprint density at radius 1 is 1.29 bits per heavy atom. The van der Waals surface area contributed by atoms with Crippen LogP contribution in [0.1, 0.15) is 72.3 Å². The van der Waals surface area contributed by atoms with E-state index in [0.717, 1.165) is 37.7 Å². The Balaban J connectivity index is 2.56. The maximum absolute atomic E-state index is 12.9. The maximum atomic E-state index is 12.9. The third-order valence-electron chi connectivity index (χ3n) is 4.89. The first-order valence-corrected chi connectivity index (χ1v) is 9.15. The Morgan fingerprint density at radius 3 is 2.50 bits per heavy atom. The molecule has 2 atom stereocenters. The van der Waals surface area contributed by atoms with Crippen molar-refractivity contribution < 1.29 is 9.53 Å². The normalized spacial score (nSPS) is 22.2. The number of nitrogens with zero attached hydrogens (tertiary/aromatic N) is 1. The molecule has 0 N–H and O–H groups in total. The quantitative estimate of drug-likeness (QED) is 0.654. The monoisotopic (exact) mass is 329 g/mol. The minimum Gasteiger partial charge on any atom is -0.477 e. The van der Waals surface area contributed by atoms with Crippen molar-refractivity contribution in [3.8, 4) is 0 Å². The number of carbonyl (C=O) groups is 1. The lowest BCUT2D eigenvalue weighted by Crippen LogP contribution is -2.49. The number of rotatable bonds is 7. The molecule has 2 unspecified atom stereocenters. The number of aliphatic imine (C=N–C) groups is 1. The number of hydrogen-bond donors (Lipinski definition) is 0. The van der Waals surface area contributed by atoms with Crippen LogP contribution in [0.5, 0.6) is 0 Å². The van der Waals surface area contributed by atoms with Gasteiger partial charge in [-0.3, -0.25) is 4.79 Å². The second kappa shape index (κ2) is 7.50. The van der Waals surface area contributed by atoms with Gasteiger partial charge in [-0.2, -0.15) is 0 Å². The molecule has 24 heavy (non-hydrogen) atoms. The molecular weight excluding hydrogens is 298 g/mol. The van der Waals surface area contributed by atoms with E-state index in [4.69, 9.17) is 9.73 Å². The van der Waals surface area contributed by atoms with E-state index in [-0.39, 0.29) is 17.4 Å². The second-order valence-corrected chi connectivity index (χ2v) is 7.65. The molecule has 3 heteroatoms. The van der Waals surface area contributed by atoms with Crippen molar-refractivity contribution in [3.05, 3.63) is 35.9 Å². The van der Waals surface area contributed by atoms with Crippen molar-refractivity contribution in [3.63, 3.8) is 0 Å². The van der Waals surface area contributed by atoms with Crippen molar-refractivity contribution in [1.82, 2.24) is 0 Å². The number of ketones is 1. The van der Waals surface area contributed by atoms with E-state index in [1.165, 1.54) is 0 Å². The van der Waals surface area contributed by atoms with E-state index in [0.29, 0.717) is 5.90 Å². The van der Waals surface area contributed by atoms with E-state index in [1.54, 1.807) is 6.92 Å². The fourth-order valence-corrected chi connectivity index (χ4v) is 3.75. The molecule has 132 valence electrons. The summed E-state index contributed by atoms with van der Waals surface area (Å²) in [5, 5.41) is 0. The van der Waals surface area contributed by atoms with E-state index in [2.05, 4.69) is 27.7 Å². The van der Waals surface area contributed by atoms with Crippen LogP contribution in [0.4, 0.5) is 0 Å². The summed E-state index contributed by atoms with van der Waals surface area (Å²) in [6.07, 6.45) is 4.91. The lowest BCUT2D eigenvalue weighted by Gasteiger charge is -2.40. The molecule has 1 aliphatic heterocycles. The Kier molecular flexibility index (Phi) is 5.84. The molecule has 0 radical (unpaired) electrons. The van der Waals surface area contributed by atoms with Gasteiger partial charge in [0.1, 0.15) is 11.2 Å². The van der Waals surface area contributed by atoms with Crippen LogP contribution in [-0.4, -0.2) is 23.3 Å². The first kappa shape index (κ1) is 18.7.